The molecule has 0 N–H and O–H groups in total. The molecule has 0 saturated carbocycles. The van der Waals surface area contributed by atoms with E-state index in [1.165, 1.54) is 33.4 Å². The van der Waals surface area contributed by atoms with Crippen molar-refractivity contribution >= 4 is 27.3 Å². The monoisotopic (exact) mass is 504 g/mol. The Balaban J connectivity index is 1.64. The normalized spacial score (nSPS) is 16.0. The molecular formula is C25H26F2N2O3S2. The minimum Gasteiger partial charge on any atom is -0.330 e. The molecule has 4 rings (SSSR count). The van der Waals surface area contributed by atoms with Crippen LogP contribution in [0.4, 0.5) is 8.78 Å². The molecule has 2 aromatic carbocycles. The first-order valence-corrected chi connectivity index (χ1v) is 13.5. The number of sulfonamides is 1. The highest BCUT2D eigenvalue weighted by Gasteiger charge is 2.35. The average molecular weight is 505 g/mol. The fraction of sp³-hybridized carbons (Fsp3) is 0.320. The summed E-state index contributed by atoms with van der Waals surface area (Å²) in [6, 6.07) is 12.2. The number of thiophene rings is 1. The van der Waals surface area contributed by atoms with Crippen molar-refractivity contribution in [2.45, 2.75) is 37.1 Å². The largest absolute Gasteiger partial charge is 0.330 e. The van der Waals surface area contributed by atoms with Gasteiger partial charge in [-0.2, -0.15) is 4.31 Å². The van der Waals surface area contributed by atoms with Crippen LogP contribution in [0.3, 0.4) is 0 Å². The van der Waals surface area contributed by atoms with Gasteiger partial charge in [0.2, 0.25) is 15.9 Å². The summed E-state index contributed by atoms with van der Waals surface area (Å²) in [5.41, 5.74) is 1.76. The molecule has 180 valence electrons. The van der Waals surface area contributed by atoms with Crippen LogP contribution >= 0.6 is 11.3 Å². The Morgan fingerprint density at radius 2 is 1.71 bits per heavy atom. The molecular weight excluding hydrogens is 478 g/mol. The maximum absolute atomic E-state index is 13.6. The Bertz CT molecular complexity index is 1240. The number of benzene rings is 2. The lowest BCUT2D eigenvalue weighted by molar-refractivity contribution is -0.133. The summed E-state index contributed by atoms with van der Waals surface area (Å²) in [4.78, 5) is 16.4. The van der Waals surface area contributed by atoms with Gasteiger partial charge in [0, 0.05) is 18.0 Å². The van der Waals surface area contributed by atoms with Crippen LogP contribution in [0.5, 0.6) is 0 Å². The highest BCUT2D eigenvalue weighted by atomic mass is 32.2. The maximum atomic E-state index is 13.6. The van der Waals surface area contributed by atoms with E-state index in [1.54, 1.807) is 28.4 Å². The molecule has 5 nitrogen and oxygen atoms in total. The molecule has 0 aliphatic carbocycles. The van der Waals surface area contributed by atoms with Gasteiger partial charge in [-0.15, -0.1) is 11.3 Å². The first-order chi connectivity index (χ1) is 16.3. The lowest BCUT2D eigenvalue weighted by atomic mass is 9.93. The quantitative estimate of drug-likeness (QED) is 0.434. The summed E-state index contributed by atoms with van der Waals surface area (Å²) in [6.45, 7) is 2.24. The summed E-state index contributed by atoms with van der Waals surface area (Å²) in [7, 11) is -3.99. The summed E-state index contributed by atoms with van der Waals surface area (Å²) >= 11 is 1.62. The number of hydrogen-bond donors (Lipinski definition) is 0. The van der Waals surface area contributed by atoms with E-state index in [9.17, 15) is 22.0 Å². The van der Waals surface area contributed by atoms with E-state index in [-0.39, 0.29) is 29.7 Å². The zero-order valence-corrected chi connectivity index (χ0v) is 20.4. The molecule has 1 atom stereocenters. The molecule has 1 aromatic heterocycles. The average Bonchev–Trinajstić information content (AvgIpc) is 3.31. The van der Waals surface area contributed by atoms with Gasteiger partial charge in [0.1, 0.15) is 11.6 Å². The van der Waals surface area contributed by atoms with E-state index >= 15 is 0 Å². The Morgan fingerprint density at radius 1 is 1.06 bits per heavy atom. The molecule has 2 heterocycles. The zero-order valence-electron chi connectivity index (χ0n) is 18.8. The van der Waals surface area contributed by atoms with E-state index in [4.69, 9.17) is 0 Å². The molecule has 0 fully saturated rings. The Kier molecular flexibility index (Phi) is 7.45. The molecule has 9 heteroatoms. The van der Waals surface area contributed by atoms with Crippen molar-refractivity contribution in [2.75, 3.05) is 19.6 Å². The van der Waals surface area contributed by atoms with Gasteiger partial charge in [0.05, 0.1) is 17.5 Å². The number of amides is 1. The van der Waals surface area contributed by atoms with Crippen LogP contribution in [0.25, 0.3) is 0 Å². The minimum atomic E-state index is -3.99. The Morgan fingerprint density at radius 3 is 2.35 bits per heavy atom. The molecule has 0 saturated heterocycles. The summed E-state index contributed by atoms with van der Waals surface area (Å²) in [6.07, 6.45) is 2.02. The lowest BCUT2D eigenvalue weighted by Gasteiger charge is -2.37. The first kappa shape index (κ1) is 24.5. The SMILES string of the molecule is CCCCN(CC(=O)N1CCc2sccc2C1c1ccc(F)cc1)S(=O)(=O)c1ccc(F)cc1. The van der Waals surface area contributed by atoms with Gasteiger partial charge in [-0.3, -0.25) is 4.79 Å². The van der Waals surface area contributed by atoms with Gasteiger partial charge < -0.3 is 4.90 Å². The fourth-order valence-electron chi connectivity index (χ4n) is 4.21. The summed E-state index contributed by atoms with van der Waals surface area (Å²) in [5.74, 6) is -1.22. The van der Waals surface area contributed by atoms with Gasteiger partial charge in [0.25, 0.3) is 0 Å². The maximum Gasteiger partial charge on any atom is 0.243 e. The number of nitrogens with zero attached hydrogens (tertiary/aromatic N) is 2. The number of halogens is 2. The van der Waals surface area contributed by atoms with Crippen molar-refractivity contribution in [2.24, 2.45) is 0 Å². The predicted octanol–water partition coefficient (Wildman–Crippen LogP) is 4.99. The number of hydrogen-bond acceptors (Lipinski definition) is 4. The smallest absolute Gasteiger partial charge is 0.243 e. The van der Waals surface area contributed by atoms with Crippen molar-refractivity contribution in [1.29, 1.82) is 0 Å². The van der Waals surface area contributed by atoms with Crippen LogP contribution < -0.4 is 0 Å². The van der Waals surface area contributed by atoms with E-state index < -0.39 is 21.9 Å². The van der Waals surface area contributed by atoms with Crippen LogP contribution in [-0.2, 0) is 21.2 Å². The number of rotatable bonds is 8. The van der Waals surface area contributed by atoms with Gasteiger partial charge in [-0.1, -0.05) is 25.5 Å². The van der Waals surface area contributed by atoms with Crippen LogP contribution in [0.2, 0.25) is 0 Å². The molecule has 1 amide bonds. The highest BCUT2D eigenvalue weighted by Crippen LogP contribution is 2.38. The Labute approximate surface area is 202 Å². The summed E-state index contributed by atoms with van der Waals surface area (Å²) in [5, 5.41) is 1.97. The van der Waals surface area contributed by atoms with Crippen molar-refractivity contribution in [3.63, 3.8) is 0 Å². The standard InChI is InChI=1S/C25H26F2N2O3S2/c1-2-3-14-28(34(31,32)21-10-8-20(27)9-11-21)17-24(30)29-15-12-23-22(13-16-33-23)25(29)18-4-6-19(26)7-5-18/h4-11,13,16,25H,2-3,12,14-15,17H2,1H3. The molecule has 0 radical (unpaired) electrons. The van der Waals surface area contributed by atoms with Crippen LogP contribution in [0.15, 0.2) is 64.9 Å². The molecule has 0 bridgehead atoms. The third-order valence-electron chi connectivity index (χ3n) is 6.00. The van der Waals surface area contributed by atoms with E-state index in [0.717, 1.165) is 29.7 Å². The van der Waals surface area contributed by atoms with Gasteiger partial charge in [-0.25, -0.2) is 17.2 Å². The predicted molar refractivity (Wildman–Crippen MR) is 128 cm³/mol. The van der Waals surface area contributed by atoms with Crippen molar-refractivity contribution in [3.8, 4) is 0 Å². The van der Waals surface area contributed by atoms with Crippen molar-refractivity contribution in [1.82, 2.24) is 9.21 Å². The second-order valence-electron chi connectivity index (χ2n) is 8.24. The van der Waals surface area contributed by atoms with Gasteiger partial charge in [-0.05, 0) is 71.8 Å². The summed E-state index contributed by atoms with van der Waals surface area (Å²) < 4.78 is 54.7. The minimum absolute atomic E-state index is 0.0494. The third kappa shape index (κ3) is 5.06. The van der Waals surface area contributed by atoms with Crippen molar-refractivity contribution in [3.05, 3.63) is 87.6 Å². The lowest BCUT2D eigenvalue weighted by Crippen LogP contribution is -2.47. The van der Waals surface area contributed by atoms with Crippen LogP contribution in [0, 0.1) is 11.6 Å². The van der Waals surface area contributed by atoms with Crippen LogP contribution in [0.1, 0.15) is 41.8 Å². The number of carbonyl (C=O) groups excluding carboxylic acids is 1. The van der Waals surface area contributed by atoms with E-state index in [1.807, 2.05) is 18.4 Å². The number of unbranched alkanes of at least 4 members (excludes halogenated alkanes) is 1. The van der Waals surface area contributed by atoms with Crippen LogP contribution in [-0.4, -0.2) is 43.2 Å². The highest BCUT2D eigenvalue weighted by molar-refractivity contribution is 7.89. The molecule has 0 spiro atoms. The topological polar surface area (TPSA) is 57.7 Å². The molecule has 34 heavy (non-hydrogen) atoms. The number of fused-ring (bicyclic) bond motifs is 1. The van der Waals surface area contributed by atoms with Gasteiger partial charge in [0.15, 0.2) is 0 Å². The fourth-order valence-corrected chi connectivity index (χ4v) is 6.54. The third-order valence-corrected chi connectivity index (χ3v) is 8.85. The molecule has 1 aliphatic rings. The van der Waals surface area contributed by atoms with Gasteiger partial charge >= 0.3 is 0 Å². The first-order valence-electron chi connectivity index (χ1n) is 11.2. The number of carbonyl (C=O) groups is 1. The second kappa shape index (κ2) is 10.3. The van der Waals surface area contributed by atoms with Crippen molar-refractivity contribution < 1.29 is 22.0 Å². The van der Waals surface area contributed by atoms with E-state index in [2.05, 4.69) is 0 Å². The second-order valence-corrected chi connectivity index (χ2v) is 11.2. The molecule has 1 aliphatic heterocycles. The Hall–Kier alpha value is -2.62. The molecule has 3 aromatic rings. The molecule has 1 unspecified atom stereocenters. The zero-order chi connectivity index (χ0) is 24.3. The van der Waals surface area contributed by atoms with E-state index in [0.29, 0.717) is 19.4 Å².